The number of aryl methyl sites for hydroxylation is 2. The lowest BCUT2D eigenvalue weighted by Crippen LogP contribution is -2.27. The van der Waals surface area contributed by atoms with E-state index in [0.29, 0.717) is 23.0 Å². The van der Waals surface area contributed by atoms with Crippen molar-refractivity contribution >= 4 is 17.5 Å². The first-order chi connectivity index (χ1) is 12.8. The van der Waals surface area contributed by atoms with Gasteiger partial charge in [-0.15, -0.1) is 0 Å². The van der Waals surface area contributed by atoms with Crippen LogP contribution in [0.3, 0.4) is 0 Å². The fourth-order valence-corrected chi connectivity index (χ4v) is 2.98. The second-order valence-electron chi connectivity index (χ2n) is 6.41. The molecule has 3 rings (SSSR count). The molecule has 27 heavy (non-hydrogen) atoms. The van der Waals surface area contributed by atoms with Gasteiger partial charge in [-0.1, -0.05) is 17.7 Å². The third-order valence-corrected chi connectivity index (χ3v) is 4.66. The molecule has 0 spiro atoms. The third kappa shape index (κ3) is 4.31. The summed E-state index contributed by atoms with van der Waals surface area (Å²) in [6.07, 6.45) is 1.71. The normalized spacial score (nSPS) is 10.9. The number of ether oxygens (including phenoxy) is 1. The van der Waals surface area contributed by atoms with Gasteiger partial charge < -0.3 is 9.64 Å². The molecule has 2 heterocycles. The van der Waals surface area contributed by atoms with E-state index in [9.17, 15) is 4.79 Å². The molecule has 0 aliphatic carbocycles. The van der Waals surface area contributed by atoms with Crippen molar-refractivity contribution in [3.05, 3.63) is 64.2 Å². The molecule has 0 saturated carbocycles. The molecule has 8 heteroatoms. The fraction of sp³-hybridized carbons (Fsp3) is 0.316. The zero-order valence-electron chi connectivity index (χ0n) is 15.8. The predicted octanol–water partition coefficient (Wildman–Crippen LogP) is 3.20. The maximum atomic E-state index is 12.7. The minimum absolute atomic E-state index is 0.154. The van der Waals surface area contributed by atoms with Crippen molar-refractivity contribution < 1.29 is 9.53 Å². The topological polar surface area (TPSA) is 65.2 Å². The predicted molar refractivity (Wildman–Crippen MR) is 103 cm³/mol. The Morgan fingerprint density at radius 3 is 2.70 bits per heavy atom. The molecule has 0 N–H and O–H groups in total. The lowest BCUT2D eigenvalue weighted by Gasteiger charge is -2.16. The molecule has 142 valence electrons. The van der Waals surface area contributed by atoms with Crippen LogP contribution in [0.25, 0.3) is 0 Å². The average Bonchev–Trinajstić information content (AvgIpc) is 3.20. The molecule has 0 bridgehead atoms. The molecule has 0 aliphatic heterocycles. The first-order valence-electron chi connectivity index (χ1n) is 8.51. The highest BCUT2D eigenvalue weighted by Gasteiger charge is 2.18. The van der Waals surface area contributed by atoms with E-state index in [0.717, 1.165) is 17.0 Å². The summed E-state index contributed by atoms with van der Waals surface area (Å²) in [5.41, 5.74) is 3.39. The molecule has 1 amide bonds. The van der Waals surface area contributed by atoms with Crippen LogP contribution < -0.4 is 4.74 Å². The van der Waals surface area contributed by atoms with Crippen molar-refractivity contribution in [3.8, 4) is 5.75 Å². The minimum atomic E-state index is -0.154. The van der Waals surface area contributed by atoms with E-state index in [4.69, 9.17) is 16.3 Å². The Kier molecular flexibility index (Phi) is 5.51. The van der Waals surface area contributed by atoms with Gasteiger partial charge in [0.15, 0.2) is 12.4 Å². The number of halogens is 1. The zero-order chi connectivity index (χ0) is 19.6. The lowest BCUT2D eigenvalue weighted by atomic mass is 10.2. The molecule has 2 aromatic heterocycles. The number of hydrogen-bond donors (Lipinski definition) is 0. The van der Waals surface area contributed by atoms with Crippen molar-refractivity contribution in [1.29, 1.82) is 0 Å². The molecule has 0 atom stereocenters. The van der Waals surface area contributed by atoms with Crippen molar-refractivity contribution in [2.45, 2.75) is 27.1 Å². The summed E-state index contributed by atoms with van der Waals surface area (Å²) in [5, 5.41) is 9.30. The van der Waals surface area contributed by atoms with Crippen LogP contribution in [0.1, 0.15) is 27.4 Å². The van der Waals surface area contributed by atoms with Gasteiger partial charge in [-0.3, -0.25) is 9.48 Å². The van der Waals surface area contributed by atoms with Crippen molar-refractivity contribution in [1.82, 2.24) is 24.5 Å². The number of aromatic nitrogens is 4. The smallest absolute Gasteiger partial charge is 0.274 e. The number of amides is 1. The monoisotopic (exact) mass is 387 g/mol. The maximum Gasteiger partial charge on any atom is 0.274 e. The second kappa shape index (κ2) is 7.84. The molecule has 0 fully saturated rings. The van der Waals surface area contributed by atoms with E-state index in [2.05, 4.69) is 10.2 Å². The van der Waals surface area contributed by atoms with Gasteiger partial charge in [-0.05, 0) is 38.1 Å². The van der Waals surface area contributed by atoms with Crippen LogP contribution in [0.5, 0.6) is 5.75 Å². The summed E-state index contributed by atoms with van der Waals surface area (Å²) < 4.78 is 9.03. The fourth-order valence-electron chi connectivity index (χ4n) is 2.80. The van der Waals surface area contributed by atoms with Gasteiger partial charge >= 0.3 is 0 Å². The second-order valence-corrected chi connectivity index (χ2v) is 6.84. The first-order valence-corrected chi connectivity index (χ1v) is 8.89. The molecule has 0 aliphatic rings. The Morgan fingerprint density at radius 1 is 1.26 bits per heavy atom. The van der Waals surface area contributed by atoms with Gasteiger partial charge in [0, 0.05) is 43.1 Å². The van der Waals surface area contributed by atoms with Crippen LogP contribution >= 0.6 is 11.6 Å². The molecule has 7 nitrogen and oxygen atoms in total. The summed E-state index contributed by atoms with van der Waals surface area (Å²) in [5.74, 6) is 0.490. The van der Waals surface area contributed by atoms with E-state index >= 15 is 0 Å². The number of carbonyl (C=O) groups excluding carboxylic acids is 1. The quantitative estimate of drug-likeness (QED) is 0.651. The van der Waals surface area contributed by atoms with Crippen LogP contribution in [0, 0.1) is 13.8 Å². The first kappa shape index (κ1) is 19.0. The van der Waals surface area contributed by atoms with Gasteiger partial charge in [0.25, 0.3) is 5.91 Å². The minimum Gasteiger partial charge on any atom is -0.471 e. The molecule has 0 radical (unpaired) electrons. The van der Waals surface area contributed by atoms with E-state index in [-0.39, 0.29) is 12.6 Å². The Morgan fingerprint density at radius 2 is 2.04 bits per heavy atom. The highest BCUT2D eigenvalue weighted by Crippen LogP contribution is 2.18. The average molecular weight is 388 g/mol. The molecule has 1 aromatic carbocycles. The van der Waals surface area contributed by atoms with Crippen molar-refractivity contribution in [3.63, 3.8) is 0 Å². The molecule has 3 aromatic rings. The van der Waals surface area contributed by atoms with Crippen molar-refractivity contribution in [2.24, 2.45) is 7.05 Å². The van der Waals surface area contributed by atoms with Gasteiger partial charge in [0.2, 0.25) is 0 Å². The van der Waals surface area contributed by atoms with Crippen molar-refractivity contribution in [2.75, 3.05) is 7.05 Å². The lowest BCUT2D eigenvalue weighted by molar-refractivity contribution is 0.0776. The SMILES string of the molecule is Cc1nn(C)c(C)c1CN(C)C(=O)c1ccn(COc2cccc(Cl)c2)n1. The van der Waals surface area contributed by atoms with Crippen LogP contribution in [0.4, 0.5) is 0 Å². The number of benzene rings is 1. The van der Waals surface area contributed by atoms with E-state index in [1.165, 1.54) is 0 Å². The Balaban J connectivity index is 1.63. The number of carbonyl (C=O) groups is 1. The van der Waals surface area contributed by atoms with Gasteiger partial charge in [-0.25, -0.2) is 4.68 Å². The Hall–Kier alpha value is -2.80. The summed E-state index contributed by atoms with van der Waals surface area (Å²) in [4.78, 5) is 14.3. The summed E-state index contributed by atoms with van der Waals surface area (Å²) in [6.45, 7) is 4.62. The number of hydrogen-bond acceptors (Lipinski definition) is 4. The Labute approximate surface area is 163 Å². The molecule has 0 saturated heterocycles. The zero-order valence-corrected chi connectivity index (χ0v) is 16.6. The number of rotatable bonds is 6. The summed E-state index contributed by atoms with van der Waals surface area (Å²) in [6, 6.07) is 8.81. The van der Waals surface area contributed by atoms with E-state index in [1.807, 2.05) is 37.7 Å². The highest BCUT2D eigenvalue weighted by atomic mass is 35.5. The Bertz CT molecular complexity index is 963. The van der Waals surface area contributed by atoms with Crippen LogP contribution in [0.15, 0.2) is 36.5 Å². The van der Waals surface area contributed by atoms with Gasteiger partial charge in [0.05, 0.1) is 5.69 Å². The van der Waals surface area contributed by atoms with E-state index in [1.54, 1.807) is 41.0 Å². The highest BCUT2D eigenvalue weighted by molar-refractivity contribution is 6.30. The molecular formula is C19H22ClN5O2. The van der Waals surface area contributed by atoms with Gasteiger partial charge in [0.1, 0.15) is 5.75 Å². The van der Waals surface area contributed by atoms with Crippen LogP contribution in [0.2, 0.25) is 5.02 Å². The third-order valence-electron chi connectivity index (χ3n) is 4.42. The van der Waals surface area contributed by atoms with Crippen LogP contribution in [-0.2, 0) is 20.3 Å². The maximum absolute atomic E-state index is 12.7. The summed E-state index contributed by atoms with van der Waals surface area (Å²) in [7, 11) is 3.66. The number of nitrogens with zero attached hydrogens (tertiary/aromatic N) is 5. The summed E-state index contributed by atoms with van der Waals surface area (Å²) >= 11 is 5.94. The van der Waals surface area contributed by atoms with Crippen LogP contribution in [-0.4, -0.2) is 37.4 Å². The standard InChI is InChI=1S/C19H22ClN5O2/c1-13-17(14(2)24(4)21-13)11-23(3)19(26)18-8-9-25(22-18)12-27-16-7-5-6-15(20)10-16/h5-10H,11-12H2,1-4H3. The van der Waals surface area contributed by atoms with Gasteiger partial charge in [-0.2, -0.15) is 10.2 Å². The van der Waals surface area contributed by atoms with E-state index < -0.39 is 0 Å². The molecular weight excluding hydrogens is 366 g/mol. The largest absolute Gasteiger partial charge is 0.471 e. The molecule has 0 unspecified atom stereocenters.